The number of nitrogens with zero attached hydrogens (tertiary/aromatic N) is 2. The van der Waals surface area contributed by atoms with E-state index in [2.05, 4.69) is 5.32 Å². The Morgan fingerprint density at radius 2 is 1.82 bits per heavy atom. The van der Waals surface area contributed by atoms with Gasteiger partial charge in [-0.15, -0.1) is 0 Å². The van der Waals surface area contributed by atoms with Crippen molar-refractivity contribution >= 4 is 33.3 Å². The molecule has 12 heteroatoms. The van der Waals surface area contributed by atoms with Crippen molar-refractivity contribution in [1.82, 2.24) is 4.31 Å². The van der Waals surface area contributed by atoms with E-state index in [1.807, 2.05) is 0 Å². The van der Waals surface area contributed by atoms with E-state index in [1.165, 1.54) is 34.6 Å². The summed E-state index contributed by atoms with van der Waals surface area (Å²) in [7, 11) is -3.58. The minimum atomic E-state index is -3.58. The second-order valence-electron chi connectivity index (χ2n) is 7.63. The first-order chi connectivity index (χ1) is 16.2. The highest BCUT2D eigenvalue weighted by atomic mass is 32.2. The third-order valence-electron chi connectivity index (χ3n) is 5.20. The van der Waals surface area contributed by atoms with Crippen LogP contribution in [0.4, 0.5) is 11.4 Å². The van der Waals surface area contributed by atoms with E-state index in [-0.39, 0.29) is 22.7 Å². The van der Waals surface area contributed by atoms with Crippen molar-refractivity contribution in [2.75, 3.05) is 38.2 Å². The van der Waals surface area contributed by atoms with E-state index in [9.17, 15) is 28.1 Å². The number of ether oxygens (including phenoxy) is 2. The second kappa shape index (κ2) is 11.2. The third kappa shape index (κ3) is 6.59. The minimum Gasteiger partial charge on any atom is -0.456 e. The summed E-state index contributed by atoms with van der Waals surface area (Å²) in [6, 6.07) is 10.5. The molecule has 1 N–H and O–H groups in total. The van der Waals surface area contributed by atoms with E-state index in [1.54, 1.807) is 19.1 Å². The van der Waals surface area contributed by atoms with E-state index >= 15 is 0 Å². The van der Waals surface area contributed by atoms with Gasteiger partial charge < -0.3 is 14.8 Å². The summed E-state index contributed by atoms with van der Waals surface area (Å²) < 4.78 is 36.8. The second-order valence-corrected chi connectivity index (χ2v) is 9.57. The van der Waals surface area contributed by atoms with Crippen molar-refractivity contribution in [3.05, 3.63) is 63.7 Å². The van der Waals surface area contributed by atoms with Crippen molar-refractivity contribution in [3.63, 3.8) is 0 Å². The van der Waals surface area contributed by atoms with Crippen LogP contribution in [0, 0.1) is 17.0 Å². The van der Waals surface area contributed by atoms with Gasteiger partial charge in [0.15, 0.2) is 6.61 Å². The van der Waals surface area contributed by atoms with Crippen LogP contribution in [-0.4, -0.2) is 62.4 Å². The molecular weight excluding hydrogens is 466 g/mol. The number of carbonyl (C=O) groups excluding carboxylic acids is 2. The number of benzene rings is 2. The van der Waals surface area contributed by atoms with Crippen LogP contribution in [0.5, 0.6) is 0 Å². The average molecular weight is 492 g/mol. The van der Waals surface area contributed by atoms with Gasteiger partial charge in [0.25, 0.3) is 11.6 Å². The molecule has 3 rings (SSSR count). The Hall–Kier alpha value is -3.35. The van der Waals surface area contributed by atoms with Crippen LogP contribution in [0.15, 0.2) is 47.4 Å². The first-order valence-electron chi connectivity index (χ1n) is 10.5. The number of morpholine rings is 1. The molecule has 0 saturated carbocycles. The van der Waals surface area contributed by atoms with Gasteiger partial charge in [0, 0.05) is 36.8 Å². The van der Waals surface area contributed by atoms with Gasteiger partial charge in [-0.25, -0.2) is 8.42 Å². The Balaban J connectivity index is 1.45. The van der Waals surface area contributed by atoms with Crippen molar-refractivity contribution in [2.45, 2.75) is 24.7 Å². The van der Waals surface area contributed by atoms with Crippen LogP contribution in [0.3, 0.4) is 0 Å². The highest BCUT2D eigenvalue weighted by Gasteiger charge is 2.26. The fourth-order valence-electron chi connectivity index (χ4n) is 3.31. The highest BCUT2D eigenvalue weighted by Crippen LogP contribution is 2.22. The molecule has 0 aliphatic carbocycles. The lowest BCUT2D eigenvalue weighted by atomic mass is 10.1. The number of hydrogen-bond donors (Lipinski definition) is 1. The van der Waals surface area contributed by atoms with E-state index in [0.29, 0.717) is 38.3 Å². The van der Waals surface area contributed by atoms with Gasteiger partial charge in [0.05, 0.1) is 23.0 Å². The lowest BCUT2D eigenvalue weighted by molar-refractivity contribution is -0.385. The number of hydrogen-bond acceptors (Lipinski definition) is 8. The summed E-state index contributed by atoms with van der Waals surface area (Å²) in [5, 5.41) is 13.4. The summed E-state index contributed by atoms with van der Waals surface area (Å²) in [5.74, 6) is -1.22. The van der Waals surface area contributed by atoms with Crippen molar-refractivity contribution < 1.29 is 32.4 Å². The number of esters is 1. The van der Waals surface area contributed by atoms with Crippen LogP contribution in [0.1, 0.15) is 17.5 Å². The number of carbonyl (C=O) groups is 2. The fraction of sp³-hybridized carbons (Fsp3) is 0.364. The summed E-state index contributed by atoms with van der Waals surface area (Å²) in [6.45, 7) is 2.40. The zero-order valence-electron chi connectivity index (χ0n) is 18.6. The van der Waals surface area contributed by atoms with E-state index in [0.717, 1.165) is 5.56 Å². The predicted octanol–water partition coefficient (Wildman–Crippen LogP) is 2.04. The molecule has 1 aliphatic heterocycles. The lowest BCUT2D eigenvalue weighted by Crippen LogP contribution is -2.40. The number of nitro benzene ring substituents is 1. The minimum absolute atomic E-state index is 0.00115. The van der Waals surface area contributed by atoms with Crippen molar-refractivity contribution in [3.8, 4) is 0 Å². The van der Waals surface area contributed by atoms with Gasteiger partial charge in [-0.3, -0.25) is 19.7 Å². The van der Waals surface area contributed by atoms with Crippen LogP contribution in [-0.2, 0) is 35.5 Å². The molecule has 2 aromatic carbocycles. The highest BCUT2D eigenvalue weighted by molar-refractivity contribution is 7.89. The zero-order valence-corrected chi connectivity index (χ0v) is 19.4. The molecule has 182 valence electrons. The molecular formula is C22H25N3O8S. The van der Waals surface area contributed by atoms with Crippen LogP contribution < -0.4 is 5.32 Å². The van der Waals surface area contributed by atoms with Crippen molar-refractivity contribution in [1.29, 1.82) is 0 Å². The van der Waals surface area contributed by atoms with Gasteiger partial charge in [-0.05, 0) is 37.1 Å². The quantitative estimate of drug-likeness (QED) is 0.319. The van der Waals surface area contributed by atoms with Crippen LogP contribution in [0.25, 0.3) is 0 Å². The molecule has 0 unspecified atom stereocenters. The van der Waals surface area contributed by atoms with Gasteiger partial charge in [0.2, 0.25) is 10.0 Å². The molecule has 0 aromatic heterocycles. The number of aryl methyl sites for hydroxylation is 2. The van der Waals surface area contributed by atoms with Gasteiger partial charge >= 0.3 is 5.97 Å². The number of nitro groups is 1. The monoisotopic (exact) mass is 491 g/mol. The molecule has 1 heterocycles. The number of nitrogens with one attached hydrogen (secondary N) is 1. The number of amides is 1. The molecule has 1 fully saturated rings. The summed E-state index contributed by atoms with van der Waals surface area (Å²) in [6.07, 6.45) is 0.307. The Labute approximate surface area is 196 Å². The Morgan fingerprint density at radius 1 is 1.15 bits per heavy atom. The first kappa shape index (κ1) is 25.3. The van der Waals surface area contributed by atoms with Crippen LogP contribution in [0.2, 0.25) is 0 Å². The molecule has 1 saturated heterocycles. The van der Waals surface area contributed by atoms with Crippen LogP contribution >= 0.6 is 0 Å². The topological polar surface area (TPSA) is 145 Å². The van der Waals surface area contributed by atoms with Gasteiger partial charge in [-0.1, -0.05) is 18.2 Å². The normalized spacial score (nSPS) is 14.4. The SMILES string of the molecule is Cc1ccc(NC(=O)COC(=O)CCc2ccc(S(=O)(=O)N3CCOCC3)cc2)cc1[N+](=O)[O-]. The molecule has 34 heavy (non-hydrogen) atoms. The maximum absolute atomic E-state index is 12.6. The van der Waals surface area contributed by atoms with Crippen molar-refractivity contribution in [2.24, 2.45) is 0 Å². The van der Waals surface area contributed by atoms with Gasteiger partial charge in [0.1, 0.15) is 0 Å². The Bertz CT molecular complexity index is 1160. The molecule has 0 spiro atoms. The Morgan fingerprint density at radius 3 is 2.47 bits per heavy atom. The fourth-order valence-corrected chi connectivity index (χ4v) is 4.72. The largest absolute Gasteiger partial charge is 0.456 e. The maximum atomic E-state index is 12.6. The third-order valence-corrected chi connectivity index (χ3v) is 7.12. The lowest BCUT2D eigenvalue weighted by Gasteiger charge is -2.26. The summed E-state index contributed by atoms with van der Waals surface area (Å²) in [4.78, 5) is 34.6. The molecule has 2 aromatic rings. The zero-order chi connectivity index (χ0) is 24.7. The smallest absolute Gasteiger partial charge is 0.306 e. The molecule has 11 nitrogen and oxygen atoms in total. The maximum Gasteiger partial charge on any atom is 0.306 e. The summed E-state index contributed by atoms with van der Waals surface area (Å²) >= 11 is 0. The standard InChI is InChI=1S/C22H25N3O8S/c1-16-2-6-18(14-20(16)25(28)29)23-21(26)15-33-22(27)9-5-17-3-7-19(8-4-17)34(30,31)24-10-12-32-13-11-24/h2-4,6-8,14H,5,9-13,15H2,1H3,(H,23,26). The number of sulfonamides is 1. The molecule has 0 radical (unpaired) electrons. The average Bonchev–Trinajstić information content (AvgIpc) is 2.83. The Kier molecular flexibility index (Phi) is 8.31. The predicted molar refractivity (Wildman–Crippen MR) is 122 cm³/mol. The molecule has 0 bridgehead atoms. The molecule has 0 atom stereocenters. The molecule has 1 amide bonds. The summed E-state index contributed by atoms with van der Waals surface area (Å²) in [5.41, 5.74) is 1.31. The van der Waals surface area contributed by atoms with E-state index < -0.39 is 33.4 Å². The number of anilines is 1. The number of rotatable bonds is 9. The van der Waals surface area contributed by atoms with Gasteiger partial charge in [-0.2, -0.15) is 4.31 Å². The molecule has 1 aliphatic rings. The first-order valence-corrected chi connectivity index (χ1v) is 12.0. The van der Waals surface area contributed by atoms with E-state index in [4.69, 9.17) is 9.47 Å².